The maximum atomic E-state index is 11.1. The zero-order chi connectivity index (χ0) is 26.8. The summed E-state index contributed by atoms with van der Waals surface area (Å²) in [6.07, 6.45) is 3.75. The molecule has 2 aromatic rings. The van der Waals surface area contributed by atoms with E-state index in [1.165, 1.54) is 5.39 Å². The van der Waals surface area contributed by atoms with Crippen LogP contribution in [0.4, 0.5) is 0 Å². The van der Waals surface area contributed by atoms with Crippen molar-refractivity contribution in [2.24, 2.45) is 5.92 Å². The third-order valence-electron chi connectivity index (χ3n) is 4.53. The van der Waals surface area contributed by atoms with Crippen LogP contribution in [-0.4, -0.2) is 42.4 Å². The number of hydrogen-bond acceptors (Lipinski definition) is 6. The summed E-state index contributed by atoms with van der Waals surface area (Å²) in [5.74, 6) is -0.160. The normalized spacial score (nSPS) is 13.8. The number of ether oxygens (including phenoxy) is 2. The lowest BCUT2D eigenvalue weighted by Gasteiger charge is -2.20. The minimum Gasteiger partial charge on any atom is -0.460 e. The number of para-hydroxylation sites is 1. The fourth-order valence-electron chi connectivity index (χ4n) is 2.76. The number of pyridine rings is 1. The van der Waals surface area contributed by atoms with Gasteiger partial charge in [0.25, 0.3) is 0 Å². The van der Waals surface area contributed by atoms with Crippen LogP contribution in [0.1, 0.15) is 80.7 Å². The van der Waals surface area contributed by atoms with Gasteiger partial charge in [-0.2, -0.15) is 0 Å². The number of carbonyl (C=O) groups is 1. The summed E-state index contributed by atoms with van der Waals surface area (Å²) in [7, 11) is -2.94. The maximum Gasteiger partial charge on any atom is 0.308 e. The Bertz CT molecular complexity index is 1020. The molecule has 1 heterocycles. The Hall–Kier alpha value is -2.03. The Labute approximate surface area is 212 Å². The van der Waals surface area contributed by atoms with Gasteiger partial charge in [-0.25, -0.2) is 13.1 Å². The number of esters is 1. The molecule has 0 saturated heterocycles. The Balaban J connectivity index is 0.000000273. The smallest absolute Gasteiger partial charge is 0.308 e. The van der Waals surface area contributed by atoms with Crippen molar-refractivity contribution in [2.45, 2.75) is 105 Å². The van der Waals surface area contributed by atoms with Crippen molar-refractivity contribution in [3.8, 4) is 0 Å². The van der Waals surface area contributed by atoms with E-state index in [0.717, 1.165) is 23.9 Å². The molecule has 3 rings (SSSR count). The van der Waals surface area contributed by atoms with Gasteiger partial charge in [-0.05, 0) is 67.4 Å². The summed E-state index contributed by atoms with van der Waals surface area (Å²) in [6.45, 7) is 17.6. The second-order valence-corrected chi connectivity index (χ2v) is 12.5. The van der Waals surface area contributed by atoms with Crippen molar-refractivity contribution >= 4 is 26.9 Å². The summed E-state index contributed by atoms with van der Waals surface area (Å²) >= 11 is 0. The lowest BCUT2D eigenvalue weighted by atomic mass is 10.1. The Morgan fingerprint density at radius 3 is 2.11 bits per heavy atom. The number of nitrogens with zero attached hydrogens (tertiary/aromatic N) is 1. The van der Waals surface area contributed by atoms with Gasteiger partial charge in [0.05, 0.1) is 29.4 Å². The molecular formula is C27H44N2O5S. The summed E-state index contributed by atoms with van der Waals surface area (Å²) in [5, 5.41) is 1.08. The second-order valence-electron chi connectivity index (χ2n) is 10.6. The van der Waals surface area contributed by atoms with Crippen LogP contribution in [-0.2, 0) is 30.9 Å². The van der Waals surface area contributed by atoms with Crippen LogP contribution >= 0.6 is 0 Å². The molecule has 1 fully saturated rings. The predicted octanol–water partition coefficient (Wildman–Crippen LogP) is 5.62. The van der Waals surface area contributed by atoms with Gasteiger partial charge in [-0.3, -0.25) is 9.78 Å². The van der Waals surface area contributed by atoms with Gasteiger partial charge in [0.1, 0.15) is 5.60 Å². The zero-order valence-corrected chi connectivity index (χ0v) is 23.6. The van der Waals surface area contributed by atoms with Crippen molar-refractivity contribution in [3.05, 3.63) is 42.1 Å². The van der Waals surface area contributed by atoms with E-state index in [9.17, 15) is 13.2 Å². The minimum atomic E-state index is -2.94. The first-order valence-electron chi connectivity index (χ1n) is 12.3. The van der Waals surface area contributed by atoms with Crippen molar-refractivity contribution in [1.82, 2.24) is 9.71 Å². The lowest BCUT2D eigenvalue weighted by molar-refractivity contribution is -0.158. The Kier molecular flexibility index (Phi) is 12.3. The standard InChI is InChI=1S/C13H15NO.C8H16O2.C6H13NO2S/c1-10(2)15-9-12-6-3-5-11-7-4-8-14-13(11)12;1-6(2)7(9)10-8(3,4)5;1-5(2)7-10(8,9)6-3-4-6/h3-8,10H,9H2,1-2H3;6H,1-5H3;5-7H,3-4H2,1-2H3. The monoisotopic (exact) mass is 508 g/mol. The van der Waals surface area contributed by atoms with E-state index >= 15 is 0 Å². The molecule has 0 radical (unpaired) electrons. The number of aromatic nitrogens is 1. The highest BCUT2D eigenvalue weighted by Crippen LogP contribution is 2.27. The first-order chi connectivity index (χ1) is 16.1. The van der Waals surface area contributed by atoms with Gasteiger partial charge < -0.3 is 9.47 Å². The van der Waals surface area contributed by atoms with E-state index in [1.807, 2.05) is 80.6 Å². The molecule has 1 saturated carbocycles. The summed E-state index contributed by atoms with van der Waals surface area (Å²) in [6, 6.07) is 10.2. The number of rotatable bonds is 7. The quantitative estimate of drug-likeness (QED) is 0.488. The number of benzene rings is 1. The molecule has 0 spiro atoms. The largest absolute Gasteiger partial charge is 0.460 e. The Morgan fingerprint density at radius 2 is 1.66 bits per heavy atom. The van der Waals surface area contributed by atoms with E-state index in [-0.39, 0.29) is 34.9 Å². The molecule has 1 aliphatic carbocycles. The van der Waals surface area contributed by atoms with Gasteiger partial charge in [0, 0.05) is 23.2 Å². The molecule has 0 atom stereocenters. The van der Waals surface area contributed by atoms with Crippen molar-refractivity contribution in [3.63, 3.8) is 0 Å². The first kappa shape index (κ1) is 31.0. The first-order valence-corrected chi connectivity index (χ1v) is 13.8. The van der Waals surface area contributed by atoms with Gasteiger partial charge >= 0.3 is 5.97 Å². The zero-order valence-electron chi connectivity index (χ0n) is 22.8. The summed E-state index contributed by atoms with van der Waals surface area (Å²) in [4.78, 5) is 15.3. The highest BCUT2D eigenvalue weighted by atomic mass is 32.2. The molecule has 0 amide bonds. The van der Waals surface area contributed by atoms with Crippen LogP contribution in [0.2, 0.25) is 0 Å². The van der Waals surface area contributed by atoms with E-state index in [4.69, 9.17) is 9.47 Å². The molecular weight excluding hydrogens is 464 g/mol. The van der Waals surface area contributed by atoms with Gasteiger partial charge in [0.15, 0.2) is 0 Å². The average Bonchev–Trinajstić information content (AvgIpc) is 3.57. The van der Waals surface area contributed by atoms with Crippen molar-refractivity contribution < 1.29 is 22.7 Å². The van der Waals surface area contributed by atoms with Gasteiger partial charge in [0.2, 0.25) is 10.0 Å². The molecule has 0 unspecified atom stereocenters. The third kappa shape index (κ3) is 13.0. The number of nitrogens with one attached hydrogen (secondary N) is 1. The third-order valence-corrected chi connectivity index (χ3v) is 6.68. The number of sulfonamides is 1. The molecule has 0 bridgehead atoms. The van der Waals surface area contributed by atoms with E-state index in [1.54, 1.807) is 0 Å². The molecule has 198 valence electrons. The minimum absolute atomic E-state index is 0.0285. The topological polar surface area (TPSA) is 94.6 Å². The van der Waals surface area contributed by atoms with Gasteiger partial charge in [-0.1, -0.05) is 38.1 Å². The second kappa shape index (κ2) is 13.9. The van der Waals surface area contributed by atoms with Crippen LogP contribution in [0, 0.1) is 5.92 Å². The average molecular weight is 509 g/mol. The molecule has 1 N–H and O–H groups in total. The van der Waals surface area contributed by atoms with Crippen molar-refractivity contribution in [2.75, 3.05) is 0 Å². The van der Waals surface area contributed by atoms with Gasteiger partial charge in [-0.15, -0.1) is 0 Å². The molecule has 7 nitrogen and oxygen atoms in total. The van der Waals surface area contributed by atoms with Crippen LogP contribution in [0.5, 0.6) is 0 Å². The molecule has 0 aliphatic heterocycles. The SMILES string of the molecule is CC(C)C(=O)OC(C)(C)C.CC(C)NS(=O)(=O)C1CC1.CC(C)OCc1cccc2cccnc12. The van der Waals surface area contributed by atoms with Crippen LogP contribution in [0.25, 0.3) is 10.9 Å². The number of hydrogen-bond donors (Lipinski definition) is 1. The molecule has 1 aliphatic rings. The highest BCUT2D eigenvalue weighted by molar-refractivity contribution is 7.90. The van der Waals surface area contributed by atoms with Crippen molar-refractivity contribution in [1.29, 1.82) is 0 Å². The summed E-state index contributed by atoms with van der Waals surface area (Å²) in [5.41, 5.74) is 1.85. The molecule has 8 heteroatoms. The van der Waals surface area contributed by atoms with Crippen LogP contribution in [0.15, 0.2) is 36.5 Å². The fraction of sp³-hybridized carbons (Fsp3) is 0.630. The summed E-state index contributed by atoms with van der Waals surface area (Å²) < 4.78 is 35.4. The fourth-order valence-corrected chi connectivity index (χ4v) is 4.37. The van der Waals surface area contributed by atoms with Crippen LogP contribution < -0.4 is 4.72 Å². The Morgan fingerprint density at radius 1 is 1.06 bits per heavy atom. The van der Waals surface area contributed by atoms with E-state index in [0.29, 0.717) is 6.61 Å². The number of carbonyl (C=O) groups excluding carboxylic acids is 1. The number of fused-ring (bicyclic) bond motifs is 1. The highest BCUT2D eigenvalue weighted by Gasteiger charge is 2.35. The van der Waals surface area contributed by atoms with E-state index in [2.05, 4.69) is 27.9 Å². The molecule has 1 aromatic carbocycles. The molecule has 1 aromatic heterocycles. The predicted molar refractivity (Wildman–Crippen MR) is 143 cm³/mol. The van der Waals surface area contributed by atoms with Crippen LogP contribution in [0.3, 0.4) is 0 Å². The lowest BCUT2D eigenvalue weighted by Crippen LogP contribution is -2.32. The van der Waals surface area contributed by atoms with E-state index < -0.39 is 10.0 Å². The maximum absolute atomic E-state index is 11.1. The molecule has 35 heavy (non-hydrogen) atoms.